The quantitative estimate of drug-likeness (QED) is 0.488. The molecule has 1 aromatic rings. The number of ether oxygens (including phenoxy) is 1. The first-order valence-corrected chi connectivity index (χ1v) is 4.70. The second-order valence-corrected chi connectivity index (χ2v) is 3.39. The molecule has 0 amide bonds. The number of cyclic esters (lactones) is 1. The van der Waals surface area contributed by atoms with E-state index in [-0.39, 0.29) is 5.97 Å². The van der Waals surface area contributed by atoms with E-state index in [0.717, 1.165) is 17.6 Å². The summed E-state index contributed by atoms with van der Waals surface area (Å²) < 4.78 is 4.81. The molecule has 1 fully saturated rings. The maximum atomic E-state index is 11.0. The van der Waals surface area contributed by atoms with Crippen molar-refractivity contribution in [3.05, 3.63) is 28.0 Å². The van der Waals surface area contributed by atoms with Gasteiger partial charge in [-0.2, -0.15) is 11.3 Å². The molecule has 0 unspecified atom stereocenters. The fourth-order valence-electron chi connectivity index (χ4n) is 1.14. The lowest BCUT2D eigenvalue weighted by Gasteiger charge is -1.88. The van der Waals surface area contributed by atoms with Crippen molar-refractivity contribution in [2.24, 2.45) is 0 Å². The van der Waals surface area contributed by atoms with Crippen LogP contribution in [0.2, 0.25) is 0 Å². The number of rotatable bonds is 1. The van der Waals surface area contributed by atoms with Crippen molar-refractivity contribution in [3.8, 4) is 0 Å². The van der Waals surface area contributed by atoms with E-state index in [1.54, 1.807) is 11.3 Å². The molecule has 1 aromatic heterocycles. The van der Waals surface area contributed by atoms with Gasteiger partial charge in [-0.3, -0.25) is 0 Å². The molecule has 0 bridgehead atoms. The Hall–Kier alpha value is -1.09. The zero-order valence-electron chi connectivity index (χ0n) is 6.45. The molecule has 0 radical (unpaired) electrons. The minimum atomic E-state index is -0.166. The highest BCUT2D eigenvalue weighted by Gasteiger charge is 2.17. The van der Waals surface area contributed by atoms with E-state index in [0.29, 0.717) is 6.61 Å². The van der Waals surface area contributed by atoms with Gasteiger partial charge in [0.2, 0.25) is 0 Å². The number of hydrogen-bond acceptors (Lipinski definition) is 3. The van der Waals surface area contributed by atoms with Gasteiger partial charge in [0.1, 0.15) is 0 Å². The molecule has 3 heteroatoms. The van der Waals surface area contributed by atoms with E-state index >= 15 is 0 Å². The van der Waals surface area contributed by atoms with Gasteiger partial charge in [0.15, 0.2) is 0 Å². The minimum absolute atomic E-state index is 0.166. The summed E-state index contributed by atoms with van der Waals surface area (Å²) >= 11 is 1.63. The molecule has 1 aliphatic rings. The highest BCUT2D eigenvalue weighted by molar-refractivity contribution is 7.08. The lowest BCUT2D eigenvalue weighted by molar-refractivity contribution is -0.134. The smallest absolute Gasteiger partial charge is 0.334 e. The molecule has 2 nitrogen and oxygen atoms in total. The highest BCUT2D eigenvalue weighted by atomic mass is 32.1. The molecule has 0 atom stereocenters. The molecule has 12 heavy (non-hydrogen) atoms. The van der Waals surface area contributed by atoms with Crippen LogP contribution in [0.5, 0.6) is 0 Å². The molecular weight excluding hydrogens is 172 g/mol. The molecule has 0 N–H and O–H groups in total. The fraction of sp³-hybridized carbons (Fsp3) is 0.222. The number of carbonyl (C=O) groups excluding carboxylic acids is 1. The van der Waals surface area contributed by atoms with Crippen molar-refractivity contribution in [2.75, 3.05) is 6.61 Å². The first-order chi connectivity index (χ1) is 5.86. The molecule has 0 saturated carbocycles. The molecule has 2 rings (SSSR count). The Bertz CT molecular complexity index is 311. The van der Waals surface area contributed by atoms with E-state index in [9.17, 15) is 4.79 Å². The van der Waals surface area contributed by atoms with Crippen molar-refractivity contribution in [3.63, 3.8) is 0 Å². The summed E-state index contributed by atoms with van der Waals surface area (Å²) in [4.78, 5) is 11.0. The number of thiophene rings is 1. The Balaban J connectivity index is 2.23. The third-order valence-electron chi connectivity index (χ3n) is 1.75. The van der Waals surface area contributed by atoms with Crippen molar-refractivity contribution in [2.45, 2.75) is 6.42 Å². The number of carbonyl (C=O) groups is 1. The van der Waals surface area contributed by atoms with Crippen LogP contribution in [0.15, 0.2) is 22.4 Å². The van der Waals surface area contributed by atoms with Gasteiger partial charge < -0.3 is 4.74 Å². The van der Waals surface area contributed by atoms with E-state index in [1.807, 2.05) is 22.9 Å². The number of esters is 1. The summed E-state index contributed by atoms with van der Waals surface area (Å²) in [6, 6.07) is 1.99. The van der Waals surface area contributed by atoms with Crippen molar-refractivity contribution in [1.82, 2.24) is 0 Å². The van der Waals surface area contributed by atoms with E-state index in [4.69, 9.17) is 4.74 Å². The third kappa shape index (κ3) is 1.41. The highest BCUT2D eigenvalue weighted by Crippen LogP contribution is 2.18. The summed E-state index contributed by atoms with van der Waals surface area (Å²) in [7, 11) is 0. The van der Waals surface area contributed by atoms with Gasteiger partial charge in [-0.1, -0.05) is 0 Å². The Labute approximate surface area is 74.5 Å². The van der Waals surface area contributed by atoms with Gasteiger partial charge in [0.25, 0.3) is 0 Å². The van der Waals surface area contributed by atoms with Crippen LogP contribution in [-0.2, 0) is 9.53 Å². The van der Waals surface area contributed by atoms with Crippen LogP contribution < -0.4 is 0 Å². The third-order valence-corrected chi connectivity index (χ3v) is 2.45. The Kier molecular flexibility index (Phi) is 1.96. The zero-order chi connectivity index (χ0) is 8.39. The molecule has 2 heterocycles. The predicted molar refractivity (Wildman–Crippen MR) is 47.9 cm³/mol. The van der Waals surface area contributed by atoms with Crippen LogP contribution in [0.4, 0.5) is 0 Å². The summed E-state index contributed by atoms with van der Waals surface area (Å²) in [6.45, 7) is 0.537. The molecule has 62 valence electrons. The van der Waals surface area contributed by atoms with Crippen LogP contribution in [-0.4, -0.2) is 12.6 Å². The molecule has 1 saturated heterocycles. The van der Waals surface area contributed by atoms with Crippen LogP contribution in [0.1, 0.15) is 12.0 Å². The van der Waals surface area contributed by atoms with Gasteiger partial charge in [-0.05, 0) is 28.5 Å². The van der Waals surface area contributed by atoms with E-state index in [2.05, 4.69) is 0 Å². The summed E-state index contributed by atoms with van der Waals surface area (Å²) in [6.07, 6.45) is 2.64. The molecule has 0 aromatic carbocycles. The monoisotopic (exact) mass is 180 g/mol. The van der Waals surface area contributed by atoms with Crippen LogP contribution in [0.25, 0.3) is 6.08 Å². The average molecular weight is 180 g/mol. The Morgan fingerprint density at radius 1 is 1.58 bits per heavy atom. The Morgan fingerprint density at radius 3 is 3.08 bits per heavy atom. The van der Waals surface area contributed by atoms with Crippen molar-refractivity contribution >= 4 is 23.4 Å². The minimum Gasteiger partial charge on any atom is -0.462 e. The van der Waals surface area contributed by atoms with Gasteiger partial charge in [0, 0.05) is 12.0 Å². The molecule has 0 spiro atoms. The van der Waals surface area contributed by atoms with E-state index in [1.165, 1.54) is 0 Å². The average Bonchev–Trinajstić information content (AvgIpc) is 2.65. The molecule has 0 aliphatic carbocycles. The largest absolute Gasteiger partial charge is 0.462 e. The SMILES string of the molecule is O=C1OCC/C1=C\c1ccsc1. The Morgan fingerprint density at radius 2 is 2.50 bits per heavy atom. The summed E-state index contributed by atoms with van der Waals surface area (Å²) in [5, 5.41) is 4.01. The van der Waals surface area contributed by atoms with Crippen molar-refractivity contribution in [1.29, 1.82) is 0 Å². The lowest BCUT2D eigenvalue weighted by atomic mass is 10.1. The number of hydrogen-bond donors (Lipinski definition) is 0. The lowest BCUT2D eigenvalue weighted by Crippen LogP contribution is -1.93. The van der Waals surface area contributed by atoms with Crippen LogP contribution >= 0.6 is 11.3 Å². The zero-order valence-corrected chi connectivity index (χ0v) is 7.26. The van der Waals surface area contributed by atoms with Gasteiger partial charge in [-0.15, -0.1) is 0 Å². The maximum Gasteiger partial charge on any atom is 0.334 e. The van der Waals surface area contributed by atoms with Crippen LogP contribution in [0.3, 0.4) is 0 Å². The van der Waals surface area contributed by atoms with Gasteiger partial charge in [-0.25, -0.2) is 4.79 Å². The standard InChI is InChI=1S/C9H8O2S/c10-9-8(1-3-11-9)5-7-2-4-12-6-7/h2,4-6H,1,3H2/b8-5+. The summed E-state index contributed by atoms with van der Waals surface area (Å²) in [5.74, 6) is -0.166. The second-order valence-electron chi connectivity index (χ2n) is 2.61. The summed E-state index contributed by atoms with van der Waals surface area (Å²) in [5.41, 5.74) is 1.88. The fourth-order valence-corrected chi connectivity index (χ4v) is 1.76. The van der Waals surface area contributed by atoms with Crippen LogP contribution in [0, 0.1) is 0 Å². The maximum absolute atomic E-state index is 11.0. The van der Waals surface area contributed by atoms with Gasteiger partial charge >= 0.3 is 5.97 Å². The topological polar surface area (TPSA) is 26.3 Å². The van der Waals surface area contributed by atoms with E-state index < -0.39 is 0 Å². The normalized spacial score (nSPS) is 20.0. The first kappa shape index (κ1) is 7.55. The molecular formula is C9H8O2S. The second kappa shape index (κ2) is 3.11. The first-order valence-electron chi connectivity index (χ1n) is 3.76. The van der Waals surface area contributed by atoms with Gasteiger partial charge in [0.05, 0.1) is 6.61 Å². The van der Waals surface area contributed by atoms with Crippen molar-refractivity contribution < 1.29 is 9.53 Å². The molecule has 1 aliphatic heterocycles. The predicted octanol–water partition coefficient (Wildman–Crippen LogP) is 2.08.